The Kier molecular flexibility index (Phi) is 3.42. The summed E-state index contributed by atoms with van der Waals surface area (Å²) in [5, 5.41) is 10.9. The predicted octanol–water partition coefficient (Wildman–Crippen LogP) is 4.45. The van der Waals surface area contributed by atoms with Gasteiger partial charge in [-0.1, -0.05) is 48.2 Å². The Bertz CT molecular complexity index is 984. The van der Waals surface area contributed by atoms with Crippen molar-refractivity contribution in [2.75, 3.05) is 6.26 Å². The minimum absolute atomic E-state index is 0.862. The summed E-state index contributed by atoms with van der Waals surface area (Å²) < 4.78 is 2.13. The molecule has 4 nitrogen and oxygen atoms in total. The first kappa shape index (κ1) is 14.1. The normalized spacial score (nSPS) is 11.2. The molecule has 0 saturated carbocycles. The molecule has 0 aliphatic heterocycles. The second-order valence-electron chi connectivity index (χ2n) is 5.38. The van der Waals surface area contributed by atoms with Gasteiger partial charge in [0, 0.05) is 22.7 Å². The number of aromatic nitrogens is 4. The molecule has 0 atom stereocenters. The maximum atomic E-state index is 4.47. The largest absolute Gasteiger partial charge is 0.360 e. The molecule has 0 bridgehead atoms. The Labute approximate surface area is 138 Å². The maximum absolute atomic E-state index is 4.47. The summed E-state index contributed by atoms with van der Waals surface area (Å²) in [6, 6.07) is 16.6. The van der Waals surface area contributed by atoms with E-state index < -0.39 is 0 Å². The van der Waals surface area contributed by atoms with Crippen LogP contribution in [0.5, 0.6) is 0 Å². The zero-order valence-electron chi connectivity index (χ0n) is 12.9. The Morgan fingerprint density at radius 3 is 2.61 bits per heavy atom. The number of H-pyrrole nitrogens is 1. The topological polar surface area (TPSA) is 46.5 Å². The van der Waals surface area contributed by atoms with Crippen LogP contribution in [-0.2, 0) is 0 Å². The molecule has 0 fully saturated rings. The molecule has 0 amide bonds. The molecule has 0 saturated heterocycles. The van der Waals surface area contributed by atoms with E-state index in [-0.39, 0.29) is 0 Å². The molecule has 114 valence electrons. The van der Waals surface area contributed by atoms with E-state index in [9.17, 15) is 0 Å². The molecule has 0 radical (unpaired) electrons. The average Bonchev–Trinajstić information content (AvgIpc) is 3.18. The van der Waals surface area contributed by atoms with Crippen LogP contribution in [0.25, 0.3) is 28.0 Å². The third-order valence-electron chi connectivity index (χ3n) is 4.00. The lowest BCUT2D eigenvalue weighted by Gasteiger charge is -2.11. The molecule has 4 rings (SSSR count). The number of hydrogen-bond donors (Lipinski definition) is 1. The number of thioether (sulfide) groups is 1. The van der Waals surface area contributed by atoms with Crippen molar-refractivity contribution < 1.29 is 0 Å². The number of nitrogens with zero attached hydrogens (tertiary/aromatic N) is 3. The van der Waals surface area contributed by atoms with Gasteiger partial charge in [-0.15, -0.1) is 10.2 Å². The molecule has 23 heavy (non-hydrogen) atoms. The minimum Gasteiger partial charge on any atom is -0.360 e. The summed E-state index contributed by atoms with van der Waals surface area (Å²) >= 11 is 1.60. The van der Waals surface area contributed by atoms with Crippen LogP contribution in [0.4, 0.5) is 0 Å². The van der Waals surface area contributed by atoms with Gasteiger partial charge in [-0.05, 0) is 30.9 Å². The lowest BCUT2D eigenvalue weighted by molar-refractivity contribution is 0.883. The predicted molar refractivity (Wildman–Crippen MR) is 95.2 cm³/mol. The van der Waals surface area contributed by atoms with Crippen molar-refractivity contribution >= 4 is 22.7 Å². The van der Waals surface area contributed by atoms with Crippen molar-refractivity contribution in [1.29, 1.82) is 0 Å². The lowest BCUT2D eigenvalue weighted by atomic mass is 10.1. The van der Waals surface area contributed by atoms with Gasteiger partial charge in [0.1, 0.15) is 0 Å². The van der Waals surface area contributed by atoms with E-state index in [1.165, 1.54) is 5.56 Å². The van der Waals surface area contributed by atoms with Crippen molar-refractivity contribution in [3.63, 3.8) is 0 Å². The summed E-state index contributed by atoms with van der Waals surface area (Å²) in [6.07, 6.45) is 4.03. The van der Waals surface area contributed by atoms with Gasteiger partial charge in [-0.25, -0.2) is 0 Å². The fourth-order valence-electron chi connectivity index (χ4n) is 2.86. The van der Waals surface area contributed by atoms with Crippen molar-refractivity contribution in [3.05, 3.63) is 60.3 Å². The molecule has 0 aliphatic carbocycles. The summed E-state index contributed by atoms with van der Waals surface area (Å²) in [4.78, 5) is 3.32. The molecule has 0 spiro atoms. The van der Waals surface area contributed by atoms with Crippen molar-refractivity contribution in [2.45, 2.75) is 12.1 Å². The molecule has 1 N–H and O–H groups in total. The van der Waals surface area contributed by atoms with Crippen molar-refractivity contribution in [1.82, 2.24) is 19.7 Å². The Morgan fingerprint density at radius 1 is 1.00 bits per heavy atom. The minimum atomic E-state index is 0.862. The maximum Gasteiger partial charge on any atom is 0.195 e. The van der Waals surface area contributed by atoms with E-state index in [1.54, 1.807) is 11.8 Å². The standard InChI is InChI=1S/C18H16N4S/c1-12-7-3-6-10-16(12)22-17(20-21-18(22)23-2)14-11-19-15-9-5-4-8-13(14)15/h3-11,19H,1-2H3. The van der Waals surface area contributed by atoms with Crippen LogP contribution < -0.4 is 0 Å². The molecule has 0 unspecified atom stereocenters. The number of aryl methyl sites for hydroxylation is 1. The Balaban J connectivity index is 2.01. The number of aromatic amines is 1. The van der Waals surface area contributed by atoms with Gasteiger partial charge in [-0.2, -0.15) is 0 Å². The molecule has 2 aromatic carbocycles. The van der Waals surface area contributed by atoms with Gasteiger partial charge in [0.05, 0.1) is 5.69 Å². The molecule has 0 aliphatic rings. The Hall–Kier alpha value is -2.53. The third-order valence-corrected chi connectivity index (χ3v) is 4.63. The highest BCUT2D eigenvalue weighted by Gasteiger charge is 2.18. The van der Waals surface area contributed by atoms with Gasteiger partial charge in [0.15, 0.2) is 11.0 Å². The summed E-state index contributed by atoms with van der Waals surface area (Å²) in [5.74, 6) is 0.862. The second kappa shape index (κ2) is 5.59. The van der Waals surface area contributed by atoms with E-state index >= 15 is 0 Å². The molecular weight excluding hydrogens is 304 g/mol. The number of para-hydroxylation sites is 2. The van der Waals surface area contributed by atoms with Gasteiger partial charge in [0.25, 0.3) is 0 Å². The van der Waals surface area contributed by atoms with Gasteiger partial charge < -0.3 is 4.98 Å². The van der Waals surface area contributed by atoms with Crippen molar-refractivity contribution in [2.24, 2.45) is 0 Å². The lowest BCUT2D eigenvalue weighted by Crippen LogP contribution is -2.01. The molecule has 5 heteroatoms. The second-order valence-corrected chi connectivity index (χ2v) is 6.15. The smallest absolute Gasteiger partial charge is 0.195 e. The number of fused-ring (bicyclic) bond motifs is 1. The molecule has 4 aromatic rings. The van der Waals surface area contributed by atoms with E-state index in [0.29, 0.717) is 0 Å². The van der Waals surface area contributed by atoms with Crippen LogP contribution >= 0.6 is 11.8 Å². The zero-order valence-corrected chi connectivity index (χ0v) is 13.8. The van der Waals surface area contributed by atoms with Crippen LogP contribution in [0.3, 0.4) is 0 Å². The monoisotopic (exact) mass is 320 g/mol. The highest BCUT2D eigenvalue weighted by atomic mass is 32.2. The average molecular weight is 320 g/mol. The third kappa shape index (κ3) is 2.24. The van der Waals surface area contributed by atoms with Crippen LogP contribution in [-0.4, -0.2) is 26.0 Å². The SMILES string of the molecule is CSc1nnc(-c2c[nH]c3ccccc23)n1-c1ccccc1C. The fourth-order valence-corrected chi connectivity index (χ4v) is 3.35. The van der Waals surface area contributed by atoms with Crippen LogP contribution in [0.15, 0.2) is 59.9 Å². The number of rotatable bonds is 3. The van der Waals surface area contributed by atoms with Gasteiger partial charge in [0.2, 0.25) is 0 Å². The van der Waals surface area contributed by atoms with Crippen LogP contribution in [0, 0.1) is 6.92 Å². The molecule has 2 heterocycles. The number of benzene rings is 2. The van der Waals surface area contributed by atoms with E-state index in [0.717, 1.165) is 33.1 Å². The number of nitrogens with one attached hydrogen (secondary N) is 1. The van der Waals surface area contributed by atoms with Crippen LogP contribution in [0.1, 0.15) is 5.56 Å². The number of hydrogen-bond acceptors (Lipinski definition) is 3. The zero-order chi connectivity index (χ0) is 15.8. The first-order valence-corrected chi connectivity index (χ1v) is 8.64. The summed E-state index contributed by atoms with van der Waals surface area (Å²) in [5.41, 5.74) is 4.48. The molecule has 2 aromatic heterocycles. The fraction of sp³-hybridized carbons (Fsp3) is 0.111. The first-order valence-electron chi connectivity index (χ1n) is 7.41. The highest BCUT2D eigenvalue weighted by Crippen LogP contribution is 2.32. The Morgan fingerprint density at radius 2 is 1.78 bits per heavy atom. The van der Waals surface area contributed by atoms with E-state index in [2.05, 4.69) is 50.9 Å². The highest BCUT2D eigenvalue weighted by molar-refractivity contribution is 7.98. The van der Waals surface area contributed by atoms with Crippen LogP contribution in [0.2, 0.25) is 0 Å². The van der Waals surface area contributed by atoms with E-state index in [1.807, 2.05) is 36.7 Å². The summed E-state index contributed by atoms with van der Waals surface area (Å²) in [6.45, 7) is 2.11. The van der Waals surface area contributed by atoms with Crippen molar-refractivity contribution in [3.8, 4) is 17.1 Å². The summed E-state index contributed by atoms with van der Waals surface area (Å²) in [7, 11) is 0. The van der Waals surface area contributed by atoms with Gasteiger partial charge in [-0.3, -0.25) is 4.57 Å². The van der Waals surface area contributed by atoms with Gasteiger partial charge >= 0.3 is 0 Å². The molecular formula is C18H16N4S. The quantitative estimate of drug-likeness (QED) is 0.567. The van der Waals surface area contributed by atoms with E-state index in [4.69, 9.17) is 0 Å². The first-order chi connectivity index (χ1) is 11.3.